The second-order valence-electron chi connectivity index (χ2n) is 7.00. The Bertz CT molecular complexity index is 1190. The Morgan fingerprint density at radius 2 is 1.70 bits per heavy atom. The van der Waals surface area contributed by atoms with Crippen LogP contribution in [-0.2, 0) is 0 Å². The highest BCUT2D eigenvalue weighted by molar-refractivity contribution is 6.15. The third kappa shape index (κ3) is 3.57. The average Bonchev–Trinajstić information content (AvgIpc) is 3.04. The molecule has 0 atom stereocenters. The maximum absolute atomic E-state index is 12.9. The molecule has 0 bridgehead atoms. The molecule has 1 aliphatic heterocycles. The molecule has 150 valence electrons. The number of Topliss-reactive ketones (excluding diaryl/α,β-unsaturated/α-hetero) is 1. The number of carbonyl (C=O) groups is 2. The van der Waals surface area contributed by atoms with Crippen LogP contribution in [0, 0.1) is 13.8 Å². The van der Waals surface area contributed by atoms with Gasteiger partial charge < -0.3 is 14.2 Å². The Kier molecular flexibility index (Phi) is 5.11. The molecule has 5 heteroatoms. The maximum atomic E-state index is 12.9. The van der Waals surface area contributed by atoms with Crippen LogP contribution >= 0.6 is 0 Å². The maximum Gasteiger partial charge on any atom is 0.343 e. The van der Waals surface area contributed by atoms with Gasteiger partial charge in [0.15, 0.2) is 5.76 Å². The third-order valence-corrected chi connectivity index (χ3v) is 4.94. The summed E-state index contributed by atoms with van der Waals surface area (Å²) < 4.78 is 16.7. The number of rotatable bonds is 4. The molecule has 0 fully saturated rings. The van der Waals surface area contributed by atoms with Gasteiger partial charge in [-0.3, -0.25) is 4.79 Å². The molecule has 0 radical (unpaired) electrons. The number of methoxy groups -OCH3 is 1. The fourth-order valence-corrected chi connectivity index (χ4v) is 3.43. The number of ether oxygens (including phenoxy) is 3. The topological polar surface area (TPSA) is 61.8 Å². The summed E-state index contributed by atoms with van der Waals surface area (Å²) in [4.78, 5) is 25.4. The Balaban J connectivity index is 1.64. The van der Waals surface area contributed by atoms with Gasteiger partial charge in [0.2, 0.25) is 5.78 Å². The average molecular weight is 400 g/mol. The standard InChI is InChI=1S/C25H20O5/c1-15-8-4-6-10-19(15)25(27)29-18-12-16(2)23-21(14-18)30-22(24(23)26)13-17-9-5-7-11-20(17)28-3/h4-14H,1-3H3/b22-13-. The van der Waals surface area contributed by atoms with Crippen molar-refractivity contribution in [2.75, 3.05) is 7.11 Å². The van der Waals surface area contributed by atoms with Crippen LogP contribution in [0.25, 0.3) is 6.08 Å². The summed E-state index contributed by atoms with van der Waals surface area (Å²) in [6.45, 7) is 3.64. The minimum Gasteiger partial charge on any atom is -0.496 e. The van der Waals surface area contributed by atoms with Gasteiger partial charge in [0.25, 0.3) is 0 Å². The first-order valence-electron chi connectivity index (χ1n) is 9.47. The summed E-state index contributed by atoms with van der Waals surface area (Å²) in [5, 5.41) is 0. The van der Waals surface area contributed by atoms with Crippen molar-refractivity contribution < 1.29 is 23.8 Å². The lowest BCUT2D eigenvalue weighted by atomic mass is 10.0. The second kappa shape index (κ2) is 7.87. The van der Waals surface area contributed by atoms with E-state index in [0.29, 0.717) is 33.9 Å². The molecule has 5 nitrogen and oxygen atoms in total. The van der Waals surface area contributed by atoms with E-state index < -0.39 is 5.97 Å². The van der Waals surface area contributed by atoms with Crippen LogP contribution < -0.4 is 14.2 Å². The summed E-state index contributed by atoms with van der Waals surface area (Å²) in [6.07, 6.45) is 1.65. The van der Waals surface area contributed by atoms with E-state index in [-0.39, 0.29) is 11.5 Å². The molecule has 0 spiro atoms. The lowest BCUT2D eigenvalue weighted by molar-refractivity contribution is 0.0733. The summed E-state index contributed by atoms with van der Waals surface area (Å²) in [5.74, 6) is 0.855. The number of allylic oxidation sites excluding steroid dienone is 1. The van der Waals surface area contributed by atoms with Crippen molar-refractivity contribution in [3.8, 4) is 17.2 Å². The quantitative estimate of drug-likeness (QED) is 0.344. The molecular formula is C25H20O5. The van der Waals surface area contributed by atoms with Gasteiger partial charge in [0, 0.05) is 11.6 Å². The van der Waals surface area contributed by atoms with Gasteiger partial charge in [-0.2, -0.15) is 0 Å². The molecular weight excluding hydrogens is 380 g/mol. The number of carbonyl (C=O) groups excluding carboxylic acids is 2. The van der Waals surface area contributed by atoms with E-state index in [4.69, 9.17) is 14.2 Å². The van der Waals surface area contributed by atoms with Gasteiger partial charge in [-0.15, -0.1) is 0 Å². The van der Waals surface area contributed by atoms with Crippen LogP contribution in [0.3, 0.4) is 0 Å². The minimum absolute atomic E-state index is 0.194. The molecule has 1 heterocycles. The first-order valence-corrected chi connectivity index (χ1v) is 9.47. The molecule has 0 N–H and O–H groups in total. The first-order chi connectivity index (χ1) is 14.5. The molecule has 0 unspecified atom stereocenters. The minimum atomic E-state index is -0.457. The molecule has 0 saturated carbocycles. The predicted molar refractivity (Wildman–Crippen MR) is 113 cm³/mol. The number of hydrogen-bond acceptors (Lipinski definition) is 5. The monoisotopic (exact) mass is 400 g/mol. The van der Waals surface area contributed by atoms with Crippen molar-refractivity contribution in [2.45, 2.75) is 13.8 Å². The van der Waals surface area contributed by atoms with E-state index in [9.17, 15) is 9.59 Å². The zero-order valence-electron chi connectivity index (χ0n) is 16.9. The van der Waals surface area contributed by atoms with Crippen LogP contribution in [0.2, 0.25) is 0 Å². The highest BCUT2D eigenvalue weighted by atomic mass is 16.5. The fourth-order valence-electron chi connectivity index (χ4n) is 3.43. The lowest BCUT2D eigenvalue weighted by Crippen LogP contribution is -2.10. The molecule has 0 aliphatic carbocycles. The summed E-state index contributed by atoms with van der Waals surface area (Å²) in [5.41, 5.74) is 3.19. The Morgan fingerprint density at radius 3 is 2.47 bits per heavy atom. The van der Waals surface area contributed by atoms with Crippen LogP contribution in [0.1, 0.15) is 37.4 Å². The summed E-state index contributed by atoms with van der Waals surface area (Å²) in [7, 11) is 1.57. The van der Waals surface area contributed by atoms with Crippen LogP contribution in [-0.4, -0.2) is 18.9 Å². The zero-order chi connectivity index (χ0) is 21.3. The van der Waals surface area contributed by atoms with Crippen LogP contribution in [0.5, 0.6) is 17.2 Å². The van der Waals surface area contributed by atoms with E-state index in [1.165, 1.54) is 0 Å². The van der Waals surface area contributed by atoms with Crippen molar-refractivity contribution in [3.63, 3.8) is 0 Å². The van der Waals surface area contributed by atoms with Gasteiger partial charge >= 0.3 is 5.97 Å². The van der Waals surface area contributed by atoms with Crippen LogP contribution in [0.15, 0.2) is 66.4 Å². The van der Waals surface area contributed by atoms with E-state index in [1.54, 1.807) is 44.4 Å². The van der Waals surface area contributed by atoms with E-state index in [2.05, 4.69) is 0 Å². The summed E-state index contributed by atoms with van der Waals surface area (Å²) in [6, 6.07) is 17.8. The van der Waals surface area contributed by atoms with Gasteiger partial charge in [0.05, 0.1) is 18.2 Å². The second-order valence-corrected chi connectivity index (χ2v) is 7.00. The Morgan fingerprint density at radius 1 is 0.967 bits per heavy atom. The first kappa shape index (κ1) is 19.5. The third-order valence-electron chi connectivity index (χ3n) is 4.94. The van der Waals surface area contributed by atoms with Crippen molar-refractivity contribution in [3.05, 3.63) is 94.2 Å². The molecule has 4 rings (SSSR count). The highest BCUT2D eigenvalue weighted by Crippen LogP contribution is 2.38. The molecule has 1 aliphatic rings. The van der Waals surface area contributed by atoms with Crippen molar-refractivity contribution in [1.82, 2.24) is 0 Å². The molecule has 30 heavy (non-hydrogen) atoms. The van der Waals surface area contributed by atoms with Gasteiger partial charge in [-0.25, -0.2) is 4.79 Å². The number of benzene rings is 3. The van der Waals surface area contributed by atoms with Crippen molar-refractivity contribution >= 4 is 17.8 Å². The van der Waals surface area contributed by atoms with E-state index in [0.717, 1.165) is 11.1 Å². The van der Waals surface area contributed by atoms with Gasteiger partial charge in [-0.05, 0) is 49.2 Å². The zero-order valence-corrected chi connectivity index (χ0v) is 16.9. The highest BCUT2D eigenvalue weighted by Gasteiger charge is 2.30. The SMILES string of the molecule is COc1ccccc1/C=C1\Oc2cc(OC(=O)c3ccccc3C)cc(C)c2C1=O. The predicted octanol–water partition coefficient (Wildman–Crippen LogP) is 5.15. The Labute approximate surface area is 174 Å². The number of para-hydroxylation sites is 1. The van der Waals surface area contributed by atoms with Crippen LogP contribution in [0.4, 0.5) is 0 Å². The molecule has 3 aromatic rings. The molecule has 0 amide bonds. The molecule has 0 saturated heterocycles. The van der Waals surface area contributed by atoms with E-state index in [1.807, 2.05) is 43.3 Å². The van der Waals surface area contributed by atoms with E-state index >= 15 is 0 Å². The normalized spacial score (nSPS) is 13.7. The van der Waals surface area contributed by atoms with Gasteiger partial charge in [-0.1, -0.05) is 36.4 Å². The lowest BCUT2D eigenvalue weighted by Gasteiger charge is -2.09. The Hall–Kier alpha value is -3.86. The molecule has 0 aromatic heterocycles. The number of hydrogen-bond donors (Lipinski definition) is 0. The number of ketones is 1. The molecule has 3 aromatic carbocycles. The largest absolute Gasteiger partial charge is 0.496 e. The number of fused-ring (bicyclic) bond motifs is 1. The number of esters is 1. The summed E-state index contributed by atoms with van der Waals surface area (Å²) >= 11 is 0. The van der Waals surface area contributed by atoms with Crippen molar-refractivity contribution in [1.29, 1.82) is 0 Å². The van der Waals surface area contributed by atoms with Gasteiger partial charge in [0.1, 0.15) is 17.2 Å². The fraction of sp³-hybridized carbons (Fsp3) is 0.120. The van der Waals surface area contributed by atoms with Crippen molar-refractivity contribution in [2.24, 2.45) is 0 Å². The number of aryl methyl sites for hydroxylation is 2. The smallest absolute Gasteiger partial charge is 0.343 e.